The second kappa shape index (κ2) is 7.68. The SMILES string of the molecule is O=C(Nc1cc(F)cc(F)c1)c1cccc(S(=O)(=O)NCc2ccco2)c1. The van der Waals surface area contributed by atoms with E-state index in [9.17, 15) is 22.0 Å². The van der Waals surface area contributed by atoms with E-state index in [0.717, 1.165) is 18.2 Å². The lowest BCUT2D eigenvalue weighted by Crippen LogP contribution is -2.23. The molecule has 0 fully saturated rings. The number of furan rings is 1. The van der Waals surface area contributed by atoms with Crippen LogP contribution in [0.15, 0.2) is 70.2 Å². The van der Waals surface area contributed by atoms with Gasteiger partial charge in [0.1, 0.15) is 17.4 Å². The van der Waals surface area contributed by atoms with Crippen LogP contribution in [-0.4, -0.2) is 14.3 Å². The van der Waals surface area contributed by atoms with Gasteiger partial charge in [-0.25, -0.2) is 21.9 Å². The molecule has 0 saturated heterocycles. The summed E-state index contributed by atoms with van der Waals surface area (Å²) in [4.78, 5) is 12.1. The highest BCUT2D eigenvalue weighted by Crippen LogP contribution is 2.16. The lowest BCUT2D eigenvalue weighted by molar-refractivity contribution is 0.102. The van der Waals surface area contributed by atoms with Gasteiger partial charge in [-0.15, -0.1) is 0 Å². The molecule has 0 aliphatic carbocycles. The molecule has 1 amide bonds. The van der Waals surface area contributed by atoms with Gasteiger partial charge < -0.3 is 9.73 Å². The second-order valence-electron chi connectivity index (χ2n) is 5.54. The van der Waals surface area contributed by atoms with Crippen LogP contribution in [0.25, 0.3) is 0 Å². The highest BCUT2D eigenvalue weighted by molar-refractivity contribution is 7.89. The van der Waals surface area contributed by atoms with E-state index < -0.39 is 27.6 Å². The van der Waals surface area contributed by atoms with Crippen LogP contribution in [0.5, 0.6) is 0 Å². The predicted molar refractivity (Wildman–Crippen MR) is 93.5 cm³/mol. The van der Waals surface area contributed by atoms with E-state index in [1.807, 2.05) is 0 Å². The van der Waals surface area contributed by atoms with E-state index >= 15 is 0 Å². The summed E-state index contributed by atoms with van der Waals surface area (Å²) < 4.78 is 58.6. The molecule has 140 valence electrons. The van der Waals surface area contributed by atoms with Gasteiger partial charge in [0.05, 0.1) is 17.7 Å². The first-order valence-corrected chi connectivity index (χ1v) is 9.21. The Kier molecular flexibility index (Phi) is 5.33. The van der Waals surface area contributed by atoms with Crippen LogP contribution in [0.3, 0.4) is 0 Å². The molecule has 1 heterocycles. The molecule has 27 heavy (non-hydrogen) atoms. The van der Waals surface area contributed by atoms with Crippen LogP contribution >= 0.6 is 0 Å². The Morgan fingerprint density at radius 2 is 1.74 bits per heavy atom. The van der Waals surface area contributed by atoms with E-state index in [-0.39, 0.29) is 22.7 Å². The number of hydrogen-bond acceptors (Lipinski definition) is 4. The maximum absolute atomic E-state index is 13.2. The average Bonchev–Trinajstić information content (AvgIpc) is 3.13. The van der Waals surface area contributed by atoms with Gasteiger partial charge >= 0.3 is 0 Å². The Balaban J connectivity index is 1.76. The number of rotatable bonds is 6. The molecule has 6 nitrogen and oxygen atoms in total. The lowest BCUT2D eigenvalue weighted by atomic mass is 10.2. The van der Waals surface area contributed by atoms with Crippen molar-refractivity contribution >= 4 is 21.6 Å². The Bertz CT molecular complexity index is 1050. The van der Waals surface area contributed by atoms with Crippen molar-refractivity contribution < 1.29 is 26.4 Å². The quantitative estimate of drug-likeness (QED) is 0.674. The Morgan fingerprint density at radius 1 is 1.00 bits per heavy atom. The van der Waals surface area contributed by atoms with Gasteiger partial charge in [0.2, 0.25) is 10.0 Å². The van der Waals surface area contributed by atoms with Gasteiger partial charge in [0, 0.05) is 17.3 Å². The Morgan fingerprint density at radius 3 is 2.41 bits per heavy atom. The second-order valence-corrected chi connectivity index (χ2v) is 7.31. The highest BCUT2D eigenvalue weighted by Gasteiger charge is 2.17. The molecule has 0 aliphatic rings. The molecule has 0 bridgehead atoms. The van der Waals surface area contributed by atoms with Crippen LogP contribution in [0.4, 0.5) is 14.5 Å². The van der Waals surface area contributed by atoms with Gasteiger partial charge in [0.25, 0.3) is 5.91 Å². The number of anilines is 1. The number of sulfonamides is 1. The highest BCUT2D eigenvalue weighted by atomic mass is 32.2. The number of hydrogen-bond donors (Lipinski definition) is 2. The molecular formula is C18H14F2N2O4S. The van der Waals surface area contributed by atoms with Crippen molar-refractivity contribution in [2.24, 2.45) is 0 Å². The molecule has 9 heteroatoms. The molecular weight excluding hydrogens is 378 g/mol. The van der Waals surface area contributed by atoms with Crippen LogP contribution in [-0.2, 0) is 16.6 Å². The first-order chi connectivity index (χ1) is 12.8. The summed E-state index contributed by atoms with van der Waals surface area (Å²) in [6.45, 7) is -0.0473. The molecule has 2 aromatic carbocycles. The fourth-order valence-corrected chi connectivity index (χ4v) is 3.34. The average molecular weight is 392 g/mol. The Labute approximate surface area is 153 Å². The summed E-state index contributed by atoms with van der Waals surface area (Å²) in [5.41, 5.74) is -0.0674. The molecule has 1 aromatic heterocycles. The minimum Gasteiger partial charge on any atom is -0.468 e. The van der Waals surface area contributed by atoms with Crippen molar-refractivity contribution in [3.05, 3.63) is 83.8 Å². The standard InChI is InChI=1S/C18H14F2N2O4S/c19-13-8-14(20)10-15(9-13)22-18(23)12-3-1-5-17(7-12)27(24,25)21-11-16-4-2-6-26-16/h1-10,21H,11H2,(H,22,23). The molecule has 0 unspecified atom stereocenters. The molecule has 0 saturated carbocycles. The predicted octanol–water partition coefficient (Wildman–Crippen LogP) is 3.29. The number of amides is 1. The van der Waals surface area contributed by atoms with E-state index in [4.69, 9.17) is 4.42 Å². The van der Waals surface area contributed by atoms with Crippen molar-refractivity contribution in [2.45, 2.75) is 11.4 Å². The lowest BCUT2D eigenvalue weighted by Gasteiger charge is -2.09. The fourth-order valence-electron chi connectivity index (χ4n) is 2.30. The Hall–Kier alpha value is -3.04. The largest absolute Gasteiger partial charge is 0.468 e. The minimum atomic E-state index is -3.89. The van der Waals surface area contributed by atoms with Crippen molar-refractivity contribution in [3.63, 3.8) is 0 Å². The van der Waals surface area contributed by atoms with Gasteiger partial charge in [-0.05, 0) is 42.5 Å². The summed E-state index contributed by atoms with van der Waals surface area (Å²) in [6, 6.07) is 11.1. The van der Waals surface area contributed by atoms with Crippen molar-refractivity contribution in [3.8, 4) is 0 Å². The fraction of sp³-hybridized carbons (Fsp3) is 0.0556. The molecule has 2 N–H and O–H groups in total. The van der Waals surface area contributed by atoms with Crippen molar-refractivity contribution in [2.75, 3.05) is 5.32 Å². The van der Waals surface area contributed by atoms with Crippen LogP contribution in [0.2, 0.25) is 0 Å². The molecule has 0 aliphatic heterocycles. The van der Waals surface area contributed by atoms with Crippen molar-refractivity contribution in [1.29, 1.82) is 0 Å². The third-order valence-corrected chi connectivity index (χ3v) is 4.94. The van der Waals surface area contributed by atoms with Crippen LogP contribution < -0.4 is 10.0 Å². The zero-order valence-corrected chi connectivity index (χ0v) is 14.6. The zero-order valence-electron chi connectivity index (χ0n) is 13.8. The third-order valence-electron chi connectivity index (χ3n) is 3.54. The zero-order chi connectivity index (χ0) is 19.4. The minimum absolute atomic E-state index is 0.0144. The maximum atomic E-state index is 13.2. The summed E-state index contributed by atoms with van der Waals surface area (Å²) in [6.07, 6.45) is 1.42. The first kappa shape index (κ1) is 18.7. The van der Waals surface area contributed by atoms with E-state index in [1.54, 1.807) is 12.1 Å². The molecule has 0 atom stereocenters. The molecule has 0 spiro atoms. The summed E-state index contributed by atoms with van der Waals surface area (Å²) in [7, 11) is -3.89. The third kappa shape index (κ3) is 4.78. The molecule has 3 aromatic rings. The van der Waals surface area contributed by atoms with Gasteiger partial charge in [-0.1, -0.05) is 6.07 Å². The number of benzene rings is 2. The molecule has 0 radical (unpaired) electrons. The van der Waals surface area contributed by atoms with Gasteiger partial charge in [-0.3, -0.25) is 4.79 Å². The number of carbonyl (C=O) groups excluding carboxylic acids is 1. The smallest absolute Gasteiger partial charge is 0.255 e. The topological polar surface area (TPSA) is 88.4 Å². The summed E-state index contributed by atoms with van der Waals surface area (Å²) >= 11 is 0. The van der Waals surface area contributed by atoms with Gasteiger partial charge in [0.15, 0.2) is 0 Å². The van der Waals surface area contributed by atoms with E-state index in [0.29, 0.717) is 11.8 Å². The van der Waals surface area contributed by atoms with Gasteiger partial charge in [-0.2, -0.15) is 0 Å². The summed E-state index contributed by atoms with van der Waals surface area (Å²) in [5.74, 6) is -1.96. The van der Waals surface area contributed by atoms with E-state index in [1.165, 1.54) is 24.5 Å². The number of nitrogens with one attached hydrogen (secondary N) is 2. The van der Waals surface area contributed by atoms with Crippen LogP contribution in [0.1, 0.15) is 16.1 Å². The number of halogens is 2. The maximum Gasteiger partial charge on any atom is 0.255 e. The summed E-state index contributed by atoms with van der Waals surface area (Å²) in [5, 5.41) is 2.32. The monoisotopic (exact) mass is 392 g/mol. The van der Waals surface area contributed by atoms with Crippen LogP contribution in [0, 0.1) is 11.6 Å². The van der Waals surface area contributed by atoms with Crippen molar-refractivity contribution in [1.82, 2.24) is 4.72 Å². The first-order valence-electron chi connectivity index (χ1n) is 7.73. The molecule has 3 rings (SSSR count). The van der Waals surface area contributed by atoms with E-state index in [2.05, 4.69) is 10.0 Å². The normalized spacial score (nSPS) is 11.3. The number of carbonyl (C=O) groups is 1.